The van der Waals surface area contributed by atoms with Crippen molar-refractivity contribution in [3.8, 4) is 78.3 Å². The van der Waals surface area contributed by atoms with Crippen LogP contribution in [0.5, 0.6) is 11.5 Å². The Hall–Kier alpha value is -9.38. The number of rotatable bonds is 20. The second-order valence-electron chi connectivity index (χ2n) is 19.7. The molecule has 0 aliphatic carbocycles. The van der Waals surface area contributed by atoms with Crippen molar-refractivity contribution < 1.29 is 9.47 Å². The summed E-state index contributed by atoms with van der Waals surface area (Å²) in [6, 6.07) is 101. The fraction of sp³-hybridized carbons (Fsp3) is 0.108. The van der Waals surface area contributed by atoms with Gasteiger partial charge in [0, 0.05) is 22.7 Å². The van der Waals surface area contributed by atoms with Gasteiger partial charge in [-0.1, -0.05) is 221 Å². The van der Waals surface area contributed by atoms with Crippen molar-refractivity contribution in [2.24, 2.45) is 0 Å². The van der Waals surface area contributed by atoms with E-state index in [0.717, 1.165) is 116 Å². The maximum Gasteiger partial charge on any atom is 0.119 e. The van der Waals surface area contributed by atoms with Gasteiger partial charge in [-0.15, -0.1) is 0 Å². The molecule has 0 unspecified atom stereocenters. The summed E-state index contributed by atoms with van der Waals surface area (Å²) in [6.07, 6.45) is 4.16. The molecule has 0 spiro atoms. The molecule has 0 amide bonds. The molecule has 0 heterocycles. The van der Waals surface area contributed by atoms with Gasteiger partial charge in [-0.05, 0) is 165 Å². The van der Waals surface area contributed by atoms with Gasteiger partial charge in [0.1, 0.15) is 11.5 Å². The van der Waals surface area contributed by atoms with E-state index in [4.69, 9.17) is 9.47 Å². The van der Waals surface area contributed by atoms with Gasteiger partial charge in [-0.2, -0.15) is 0 Å². The van der Waals surface area contributed by atoms with E-state index < -0.39 is 0 Å². The van der Waals surface area contributed by atoms with E-state index in [1.165, 1.54) is 22.3 Å². The highest BCUT2D eigenvalue weighted by Crippen LogP contribution is 2.51. The summed E-state index contributed by atoms with van der Waals surface area (Å²) in [6.45, 7) is 5.75. The van der Waals surface area contributed by atoms with Crippen LogP contribution < -0.4 is 19.3 Å². The van der Waals surface area contributed by atoms with Gasteiger partial charge in [0.05, 0.1) is 24.6 Å². The molecule has 11 aromatic carbocycles. The first-order valence-electron chi connectivity index (χ1n) is 27.5. The van der Waals surface area contributed by atoms with Crippen LogP contribution in [0.25, 0.3) is 66.8 Å². The van der Waals surface area contributed by atoms with Gasteiger partial charge < -0.3 is 19.3 Å². The molecule has 0 fully saturated rings. The maximum atomic E-state index is 6.26. The normalized spacial score (nSPS) is 11.0. The molecule has 4 heteroatoms. The fourth-order valence-electron chi connectivity index (χ4n) is 10.1. The number of hydrogen-bond donors (Lipinski definition) is 0. The number of hydrogen-bond acceptors (Lipinski definition) is 4. The van der Waals surface area contributed by atoms with Gasteiger partial charge in [0.15, 0.2) is 0 Å². The van der Waals surface area contributed by atoms with Crippen molar-refractivity contribution >= 4 is 34.1 Å². The molecule has 382 valence electrons. The molecule has 11 aromatic rings. The molecule has 0 aliphatic rings. The second-order valence-corrected chi connectivity index (χ2v) is 19.7. The van der Waals surface area contributed by atoms with Gasteiger partial charge in [-0.3, -0.25) is 0 Å². The van der Waals surface area contributed by atoms with Crippen LogP contribution >= 0.6 is 0 Å². The SMILES string of the molecule is CCCCOc1ccc(-c2cc(N(c3ccc(-c4ccccc4)cc3)c3ccc(-c4ccccc4)cc3)c(N(c3ccc(-c4ccccc4)cc3)c3ccc(-c4ccccc4)cc3)cc2-c2ccc(OCCCC)cc2)cc1. The van der Waals surface area contributed by atoms with E-state index in [0.29, 0.717) is 13.2 Å². The predicted octanol–water partition coefficient (Wildman–Crippen LogP) is 21.0. The lowest BCUT2D eigenvalue weighted by Crippen LogP contribution is -2.17. The third kappa shape index (κ3) is 11.7. The minimum absolute atomic E-state index is 0.683. The standard InChI is InChI=1S/C74H64N2O2/c1-3-5-51-77-69-47-35-63(36-48-69)71-53-73(75(65-39-27-59(28-40-65)55-19-11-7-12-20-55)66-41-29-60(30-42-66)56-21-13-8-14-22-56)74(54-72(71)64-37-49-70(50-38-64)78-52-6-4-2)76(67-43-31-61(32-44-67)57-23-15-9-16-24-57)68-45-33-62(34-46-68)58-25-17-10-18-26-58/h7-50,53-54H,3-6,51-52H2,1-2H3. The molecule has 0 N–H and O–H groups in total. The van der Waals surface area contributed by atoms with E-state index >= 15 is 0 Å². The molecule has 0 saturated carbocycles. The van der Waals surface area contributed by atoms with Crippen LogP contribution in [0.2, 0.25) is 0 Å². The van der Waals surface area contributed by atoms with E-state index in [9.17, 15) is 0 Å². The monoisotopic (exact) mass is 1010 g/mol. The fourth-order valence-corrected chi connectivity index (χ4v) is 10.1. The Kier molecular flexibility index (Phi) is 16.0. The Morgan fingerprint density at radius 3 is 0.731 bits per heavy atom. The van der Waals surface area contributed by atoms with E-state index in [2.05, 4.69) is 303 Å². The molecule has 0 aliphatic heterocycles. The lowest BCUT2D eigenvalue weighted by molar-refractivity contribution is 0.309. The van der Waals surface area contributed by atoms with Gasteiger partial charge >= 0.3 is 0 Å². The average Bonchev–Trinajstić information content (AvgIpc) is 3.59. The Balaban J connectivity index is 1.18. The largest absolute Gasteiger partial charge is 0.494 e. The number of nitrogens with zero attached hydrogens (tertiary/aromatic N) is 2. The highest BCUT2D eigenvalue weighted by molar-refractivity contribution is 5.99. The average molecular weight is 1010 g/mol. The Morgan fingerprint density at radius 1 is 0.256 bits per heavy atom. The highest BCUT2D eigenvalue weighted by atomic mass is 16.5. The zero-order valence-corrected chi connectivity index (χ0v) is 44.5. The van der Waals surface area contributed by atoms with Crippen molar-refractivity contribution in [3.05, 3.63) is 279 Å². The highest BCUT2D eigenvalue weighted by Gasteiger charge is 2.26. The van der Waals surface area contributed by atoms with Gasteiger partial charge in [0.25, 0.3) is 0 Å². The summed E-state index contributed by atoms with van der Waals surface area (Å²) in [7, 11) is 0. The number of anilines is 6. The Bertz CT molecular complexity index is 3210. The topological polar surface area (TPSA) is 24.9 Å². The summed E-state index contributed by atoms with van der Waals surface area (Å²) in [5, 5.41) is 0. The van der Waals surface area contributed by atoms with Crippen molar-refractivity contribution in [3.63, 3.8) is 0 Å². The molecule has 78 heavy (non-hydrogen) atoms. The number of benzene rings is 11. The van der Waals surface area contributed by atoms with Gasteiger partial charge in [-0.25, -0.2) is 0 Å². The molecule has 0 radical (unpaired) electrons. The van der Waals surface area contributed by atoms with Crippen LogP contribution in [-0.2, 0) is 0 Å². The van der Waals surface area contributed by atoms with Crippen LogP contribution in [-0.4, -0.2) is 13.2 Å². The molecule has 4 nitrogen and oxygen atoms in total. The molecule has 11 rings (SSSR count). The van der Waals surface area contributed by atoms with Crippen molar-refractivity contribution in [1.29, 1.82) is 0 Å². The smallest absolute Gasteiger partial charge is 0.119 e. The minimum Gasteiger partial charge on any atom is -0.494 e. The van der Waals surface area contributed by atoms with Crippen LogP contribution in [0, 0.1) is 0 Å². The third-order valence-corrected chi connectivity index (χ3v) is 14.4. The minimum atomic E-state index is 0.683. The van der Waals surface area contributed by atoms with Crippen molar-refractivity contribution in [1.82, 2.24) is 0 Å². The van der Waals surface area contributed by atoms with Crippen LogP contribution in [0.1, 0.15) is 39.5 Å². The van der Waals surface area contributed by atoms with Crippen molar-refractivity contribution in [2.75, 3.05) is 23.0 Å². The number of unbranched alkanes of at least 4 members (excludes halogenated alkanes) is 2. The van der Waals surface area contributed by atoms with E-state index in [1.807, 2.05) is 0 Å². The molecule has 0 atom stereocenters. The lowest BCUT2D eigenvalue weighted by Gasteiger charge is -2.35. The summed E-state index contributed by atoms with van der Waals surface area (Å²) in [4.78, 5) is 4.87. The van der Waals surface area contributed by atoms with Crippen molar-refractivity contribution in [2.45, 2.75) is 39.5 Å². The van der Waals surface area contributed by atoms with Crippen LogP contribution in [0.4, 0.5) is 34.1 Å². The van der Waals surface area contributed by atoms with E-state index in [-0.39, 0.29) is 0 Å². The van der Waals surface area contributed by atoms with Crippen LogP contribution in [0.3, 0.4) is 0 Å². The first kappa shape index (κ1) is 50.8. The second kappa shape index (κ2) is 24.5. The molecule has 0 bridgehead atoms. The summed E-state index contributed by atoms with van der Waals surface area (Å²) >= 11 is 0. The lowest BCUT2D eigenvalue weighted by atomic mass is 9.91. The maximum absolute atomic E-state index is 6.26. The Labute approximate surface area is 461 Å². The predicted molar refractivity (Wildman–Crippen MR) is 329 cm³/mol. The molecular weight excluding hydrogens is 949 g/mol. The first-order chi connectivity index (χ1) is 38.6. The molecular formula is C74H64N2O2. The summed E-state index contributed by atoms with van der Waals surface area (Å²) in [5.74, 6) is 1.73. The zero-order chi connectivity index (χ0) is 52.9. The quantitative estimate of drug-likeness (QED) is 0.0711. The Morgan fingerprint density at radius 2 is 0.487 bits per heavy atom. The van der Waals surface area contributed by atoms with Gasteiger partial charge in [0.2, 0.25) is 0 Å². The summed E-state index contributed by atoms with van der Waals surface area (Å²) in [5.41, 5.74) is 19.7. The zero-order valence-electron chi connectivity index (χ0n) is 44.5. The molecule has 0 aromatic heterocycles. The van der Waals surface area contributed by atoms with Crippen LogP contribution in [0.15, 0.2) is 279 Å². The van der Waals surface area contributed by atoms with E-state index in [1.54, 1.807) is 0 Å². The number of ether oxygens (including phenoxy) is 2. The third-order valence-electron chi connectivity index (χ3n) is 14.4. The first-order valence-corrected chi connectivity index (χ1v) is 27.5. The summed E-state index contributed by atoms with van der Waals surface area (Å²) < 4.78 is 12.5. The molecule has 0 saturated heterocycles.